The third kappa shape index (κ3) is 2.31. The summed E-state index contributed by atoms with van der Waals surface area (Å²) < 4.78 is 0. The highest BCUT2D eigenvalue weighted by Crippen LogP contribution is 2.31. The number of para-hydroxylation sites is 1. The highest BCUT2D eigenvalue weighted by molar-refractivity contribution is 5.97. The molecule has 0 radical (unpaired) electrons. The Kier molecular flexibility index (Phi) is 3.14. The summed E-state index contributed by atoms with van der Waals surface area (Å²) >= 11 is 0. The summed E-state index contributed by atoms with van der Waals surface area (Å²) in [4.78, 5) is 0. The average molecular weight is 320 g/mol. The molecule has 0 unspecified atom stereocenters. The van der Waals surface area contributed by atoms with Gasteiger partial charge in [0, 0.05) is 10.9 Å². The Morgan fingerprint density at radius 3 is 2.12 bits per heavy atom. The largest absolute Gasteiger partial charge is 0.277 e. The molecule has 0 saturated carbocycles. The Morgan fingerprint density at radius 1 is 0.560 bits per heavy atom. The molecule has 0 aliphatic rings. The number of hydrogen-bond acceptors (Lipinski definition) is 1. The van der Waals surface area contributed by atoms with Crippen LogP contribution in [0, 0.1) is 0 Å². The molecule has 2 nitrogen and oxygen atoms in total. The fourth-order valence-corrected chi connectivity index (χ4v) is 3.47. The molecule has 0 atom stereocenters. The predicted molar refractivity (Wildman–Crippen MR) is 104 cm³/mol. The smallest absolute Gasteiger partial charge is 0.0999 e. The Bertz CT molecular complexity index is 1180. The highest BCUT2D eigenvalue weighted by Gasteiger charge is 2.08. The molecule has 0 spiro atoms. The van der Waals surface area contributed by atoms with Crippen molar-refractivity contribution in [2.45, 2.75) is 0 Å². The number of benzene rings is 4. The van der Waals surface area contributed by atoms with Gasteiger partial charge in [-0.3, -0.25) is 5.10 Å². The number of hydrogen-bond donors (Lipinski definition) is 1. The van der Waals surface area contributed by atoms with Gasteiger partial charge in [0.1, 0.15) is 0 Å². The van der Waals surface area contributed by atoms with Crippen molar-refractivity contribution in [3.63, 3.8) is 0 Å². The van der Waals surface area contributed by atoms with Crippen LogP contribution in [-0.4, -0.2) is 10.2 Å². The summed E-state index contributed by atoms with van der Waals surface area (Å²) in [5.74, 6) is 0. The Balaban J connectivity index is 1.62. The standard InChI is InChI=1S/C23H16N2/c1-2-8-19-16(6-1)7-5-10-20(19)17-12-14-18(15-13-17)23-21-9-3-4-11-22(21)24-25-23/h1-15H,(H,24,25). The van der Waals surface area contributed by atoms with Gasteiger partial charge in [0.15, 0.2) is 0 Å². The van der Waals surface area contributed by atoms with E-state index in [9.17, 15) is 0 Å². The van der Waals surface area contributed by atoms with E-state index in [1.54, 1.807) is 0 Å². The van der Waals surface area contributed by atoms with Crippen LogP contribution in [0.15, 0.2) is 91.0 Å². The van der Waals surface area contributed by atoms with Gasteiger partial charge in [0.05, 0.1) is 11.2 Å². The maximum atomic E-state index is 4.49. The zero-order valence-corrected chi connectivity index (χ0v) is 13.6. The van der Waals surface area contributed by atoms with Gasteiger partial charge in [0.2, 0.25) is 0 Å². The third-order valence-electron chi connectivity index (χ3n) is 4.73. The normalized spacial score (nSPS) is 11.2. The fourth-order valence-electron chi connectivity index (χ4n) is 3.47. The molecule has 0 amide bonds. The topological polar surface area (TPSA) is 28.7 Å². The number of nitrogens with zero attached hydrogens (tertiary/aromatic N) is 1. The average Bonchev–Trinajstić information content (AvgIpc) is 3.12. The van der Waals surface area contributed by atoms with Crippen molar-refractivity contribution in [2.75, 3.05) is 0 Å². The molecule has 5 aromatic rings. The molecule has 2 heteroatoms. The summed E-state index contributed by atoms with van der Waals surface area (Å²) in [6.07, 6.45) is 0. The van der Waals surface area contributed by atoms with Crippen LogP contribution in [0.5, 0.6) is 0 Å². The van der Waals surface area contributed by atoms with Crippen LogP contribution in [0.4, 0.5) is 0 Å². The molecule has 25 heavy (non-hydrogen) atoms. The van der Waals surface area contributed by atoms with E-state index < -0.39 is 0 Å². The first kappa shape index (κ1) is 14.0. The van der Waals surface area contributed by atoms with Crippen molar-refractivity contribution in [1.29, 1.82) is 0 Å². The van der Waals surface area contributed by atoms with Crippen molar-refractivity contribution in [3.8, 4) is 22.4 Å². The molecule has 1 N–H and O–H groups in total. The van der Waals surface area contributed by atoms with Gasteiger partial charge in [0.25, 0.3) is 0 Å². The van der Waals surface area contributed by atoms with E-state index in [-0.39, 0.29) is 0 Å². The minimum absolute atomic E-state index is 1.00. The maximum absolute atomic E-state index is 4.49. The lowest BCUT2D eigenvalue weighted by atomic mass is 9.97. The monoisotopic (exact) mass is 320 g/mol. The number of aromatic nitrogens is 2. The quantitative estimate of drug-likeness (QED) is 0.421. The molecule has 0 aliphatic carbocycles. The second-order valence-electron chi connectivity index (χ2n) is 6.22. The molecule has 0 saturated heterocycles. The predicted octanol–water partition coefficient (Wildman–Crippen LogP) is 6.05. The SMILES string of the molecule is c1ccc2c(-c3ccc(-c4n[nH]c5ccccc45)cc3)cccc2c1. The molecule has 4 aromatic carbocycles. The first-order valence-corrected chi connectivity index (χ1v) is 8.42. The van der Waals surface area contributed by atoms with Crippen LogP contribution in [0.1, 0.15) is 0 Å². The van der Waals surface area contributed by atoms with E-state index in [2.05, 4.69) is 89.1 Å². The molecule has 5 rings (SSSR count). The molecule has 1 heterocycles. The van der Waals surface area contributed by atoms with Gasteiger partial charge < -0.3 is 0 Å². The number of rotatable bonds is 2. The molecular formula is C23H16N2. The lowest BCUT2D eigenvalue weighted by molar-refractivity contribution is 1.12. The second-order valence-corrected chi connectivity index (χ2v) is 6.22. The van der Waals surface area contributed by atoms with Gasteiger partial charge in [-0.2, -0.15) is 5.10 Å². The molecule has 0 fully saturated rings. The van der Waals surface area contributed by atoms with Crippen molar-refractivity contribution in [3.05, 3.63) is 91.0 Å². The number of aromatic amines is 1. The second kappa shape index (κ2) is 5.60. The van der Waals surface area contributed by atoms with Crippen LogP contribution in [-0.2, 0) is 0 Å². The summed E-state index contributed by atoms with van der Waals surface area (Å²) in [5, 5.41) is 11.3. The third-order valence-corrected chi connectivity index (χ3v) is 4.73. The van der Waals surface area contributed by atoms with E-state index in [4.69, 9.17) is 0 Å². The molecule has 118 valence electrons. The first-order valence-electron chi connectivity index (χ1n) is 8.42. The van der Waals surface area contributed by atoms with Crippen LogP contribution in [0.3, 0.4) is 0 Å². The first-order chi connectivity index (χ1) is 12.4. The maximum Gasteiger partial charge on any atom is 0.0999 e. The Morgan fingerprint density at radius 2 is 1.24 bits per heavy atom. The minimum atomic E-state index is 1.00. The zero-order chi connectivity index (χ0) is 16.6. The summed E-state index contributed by atoms with van der Waals surface area (Å²) in [5.41, 5.74) is 5.68. The highest BCUT2D eigenvalue weighted by atomic mass is 15.1. The van der Waals surface area contributed by atoms with E-state index in [1.165, 1.54) is 21.9 Å². The van der Waals surface area contributed by atoms with Crippen molar-refractivity contribution < 1.29 is 0 Å². The Labute approximate surface area is 145 Å². The lowest BCUT2D eigenvalue weighted by Gasteiger charge is -2.07. The van der Waals surface area contributed by atoms with Crippen LogP contribution >= 0.6 is 0 Å². The molecule has 1 aromatic heterocycles. The van der Waals surface area contributed by atoms with Gasteiger partial charge in [-0.1, -0.05) is 84.9 Å². The van der Waals surface area contributed by atoms with Crippen LogP contribution in [0.2, 0.25) is 0 Å². The van der Waals surface area contributed by atoms with E-state index in [1.807, 2.05) is 12.1 Å². The van der Waals surface area contributed by atoms with Gasteiger partial charge >= 0.3 is 0 Å². The number of nitrogens with one attached hydrogen (secondary N) is 1. The van der Waals surface area contributed by atoms with Gasteiger partial charge in [-0.15, -0.1) is 0 Å². The number of fused-ring (bicyclic) bond motifs is 2. The lowest BCUT2D eigenvalue weighted by Crippen LogP contribution is -1.83. The molecule has 0 bridgehead atoms. The minimum Gasteiger partial charge on any atom is -0.277 e. The van der Waals surface area contributed by atoms with E-state index in [0.29, 0.717) is 0 Å². The van der Waals surface area contributed by atoms with Gasteiger partial charge in [-0.05, 0) is 28.0 Å². The summed E-state index contributed by atoms with van der Waals surface area (Å²) in [6.45, 7) is 0. The Hall–Kier alpha value is -3.39. The summed E-state index contributed by atoms with van der Waals surface area (Å²) in [7, 11) is 0. The zero-order valence-electron chi connectivity index (χ0n) is 13.6. The molecule has 0 aliphatic heterocycles. The number of H-pyrrole nitrogens is 1. The van der Waals surface area contributed by atoms with Crippen LogP contribution in [0.25, 0.3) is 44.1 Å². The molecular weight excluding hydrogens is 304 g/mol. The summed E-state index contributed by atoms with van der Waals surface area (Å²) in [6, 6.07) is 31.9. The van der Waals surface area contributed by atoms with Gasteiger partial charge in [-0.25, -0.2) is 0 Å². The van der Waals surface area contributed by atoms with Crippen LogP contribution < -0.4 is 0 Å². The van der Waals surface area contributed by atoms with Crippen molar-refractivity contribution in [2.24, 2.45) is 0 Å². The van der Waals surface area contributed by atoms with E-state index in [0.717, 1.165) is 22.2 Å². The van der Waals surface area contributed by atoms with Crippen molar-refractivity contribution in [1.82, 2.24) is 10.2 Å². The van der Waals surface area contributed by atoms with E-state index >= 15 is 0 Å². The fraction of sp³-hybridized carbons (Fsp3) is 0. The van der Waals surface area contributed by atoms with Crippen molar-refractivity contribution >= 4 is 21.7 Å².